The Bertz CT molecular complexity index is 5700. The smallest absolute Gasteiger partial charge is 0.217 e. The van der Waals surface area contributed by atoms with Gasteiger partial charge in [0.2, 0.25) is 5.91 Å². The van der Waals surface area contributed by atoms with E-state index in [4.69, 9.17) is 75.9 Å². The number of primary amides is 1. The third-order valence-electron chi connectivity index (χ3n) is 20.3. The fourth-order valence-corrected chi connectivity index (χ4v) is 16.8. The number of halogens is 4. The number of phenolic OH excluding ortho intramolecular Hbond substituents is 4. The number of aliphatic hydroxyl groups excluding tert-OH is 3. The summed E-state index contributed by atoms with van der Waals surface area (Å²) in [7, 11) is 0. The number of aliphatic hydroxyl groups is 3. The number of amides is 1. The minimum atomic E-state index is -0.375. The van der Waals surface area contributed by atoms with Gasteiger partial charge < -0.3 is 111 Å². The van der Waals surface area contributed by atoms with Gasteiger partial charge in [0, 0.05) is 152 Å². The molecular formula is C96H97Br2I2N5O22. The van der Waals surface area contributed by atoms with E-state index in [1.54, 1.807) is 78.9 Å². The number of nitrogens with two attached hydrogens (primary N) is 5. The molecule has 31 heteroatoms. The van der Waals surface area contributed by atoms with E-state index in [-0.39, 0.29) is 149 Å². The van der Waals surface area contributed by atoms with E-state index in [0.717, 1.165) is 43.1 Å². The lowest BCUT2D eigenvalue weighted by Gasteiger charge is -2.08. The minimum Gasteiger partial charge on any atom is -0.506 e. The van der Waals surface area contributed by atoms with Gasteiger partial charge in [0.05, 0.1) is 80.9 Å². The molecule has 17 N–H and O–H groups in total. The van der Waals surface area contributed by atoms with Crippen LogP contribution in [0.3, 0.4) is 0 Å². The Morgan fingerprint density at radius 3 is 1.03 bits per heavy atom. The summed E-state index contributed by atoms with van der Waals surface area (Å²) in [6, 6.07) is 43.8. The number of hydrogen-bond donors (Lipinski definition) is 12. The molecule has 0 unspecified atom stereocenters. The van der Waals surface area contributed by atoms with Crippen LogP contribution in [0, 0.1) is 7.14 Å². The zero-order chi connectivity index (χ0) is 91.9. The number of ketones is 7. The summed E-state index contributed by atoms with van der Waals surface area (Å²) >= 11 is 10.5. The van der Waals surface area contributed by atoms with Crippen molar-refractivity contribution >= 4 is 190 Å². The first-order chi connectivity index (χ1) is 60.8. The van der Waals surface area contributed by atoms with Crippen molar-refractivity contribution < 1.29 is 106 Å². The van der Waals surface area contributed by atoms with E-state index < -0.39 is 0 Å². The number of carbonyl (C=O) groups excluding carboxylic acids is 8. The molecule has 127 heavy (non-hydrogen) atoms. The fourth-order valence-electron chi connectivity index (χ4n) is 13.8. The lowest BCUT2D eigenvalue weighted by atomic mass is 9.96. The molecular weight excluding hydrogens is 1990 g/mol. The molecule has 0 bridgehead atoms. The van der Waals surface area contributed by atoms with Crippen molar-refractivity contribution in [3.63, 3.8) is 0 Å². The minimum absolute atomic E-state index is 0.00277. The topological polar surface area (TPSA) is 489 Å². The van der Waals surface area contributed by atoms with Gasteiger partial charge in [0.1, 0.15) is 91.5 Å². The molecule has 9 aromatic carbocycles. The first-order valence-electron chi connectivity index (χ1n) is 40.8. The quantitative estimate of drug-likeness (QED) is 0.00560. The summed E-state index contributed by atoms with van der Waals surface area (Å²) in [6.45, 7) is 5.65. The number of unbranched alkanes of at least 4 members (excludes halogenated alkanes) is 2. The number of anilines is 4. The van der Waals surface area contributed by atoms with Crippen molar-refractivity contribution in [2.45, 2.75) is 130 Å². The summed E-state index contributed by atoms with van der Waals surface area (Å²) in [5.41, 5.74) is 36.0. The van der Waals surface area contributed by atoms with Crippen molar-refractivity contribution in [2.24, 2.45) is 5.73 Å². The van der Waals surface area contributed by atoms with Crippen LogP contribution in [-0.4, -0.2) is 122 Å². The molecule has 0 spiro atoms. The molecule has 0 atom stereocenters. The molecule has 13 rings (SSSR count). The van der Waals surface area contributed by atoms with Crippen molar-refractivity contribution in [1.29, 1.82) is 0 Å². The van der Waals surface area contributed by atoms with Gasteiger partial charge in [-0.15, -0.1) is 0 Å². The zero-order valence-electron chi connectivity index (χ0n) is 69.9. The van der Waals surface area contributed by atoms with E-state index >= 15 is 0 Å². The molecule has 1 amide bonds. The molecule has 0 fully saturated rings. The third-order valence-corrected chi connectivity index (χ3v) is 23.1. The summed E-state index contributed by atoms with van der Waals surface area (Å²) < 4.78 is 42.8. The number of aromatic hydroxyl groups is 4. The molecule has 0 radical (unpaired) electrons. The summed E-state index contributed by atoms with van der Waals surface area (Å²) in [4.78, 5) is 99.3. The van der Waals surface area contributed by atoms with E-state index in [0.29, 0.717) is 199 Å². The first kappa shape index (κ1) is 97.6. The summed E-state index contributed by atoms with van der Waals surface area (Å²) in [6.07, 6.45) is 9.12. The highest BCUT2D eigenvalue weighted by atomic mass is 127. The number of hydrogen-bond acceptors (Lipinski definition) is 26. The average molecular weight is 2090 g/mol. The molecule has 4 heterocycles. The number of Topliss-reactive ketones (excluding diaryl/α,β-unsaturated/α-hetero) is 3. The third kappa shape index (κ3) is 25.9. The Labute approximate surface area is 774 Å². The second-order valence-corrected chi connectivity index (χ2v) is 34.1. The van der Waals surface area contributed by atoms with E-state index in [9.17, 15) is 58.8 Å². The predicted molar refractivity (Wildman–Crippen MR) is 508 cm³/mol. The number of nitrogen functional groups attached to an aromatic ring is 4. The largest absolute Gasteiger partial charge is 0.506 e. The van der Waals surface area contributed by atoms with Crippen molar-refractivity contribution in [1.82, 2.24) is 0 Å². The highest BCUT2D eigenvalue weighted by molar-refractivity contribution is 14.1. The van der Waals surface area contributed by atoms with E-state index in [2.05, 4.69) is 44.0 Å². The van der Waals surface area contributed by atoms with Gasteiger partial charge in [-0.25, -0.2) is 0 Å². The van der Waals surface area contributed by atoms with Gasteiger partial charge in [0.25, 0.3) is 0 Å². The lowest BCUT2D eigenvalue weighted by molar-refractivity contribution is -0.118. The Morgan fingerprint density at radius 2 is 0.677 bits per heavy atom. The number of rotatable bonds is 39. The molecule has 0 saturated carbocycles. The van der Waals surface area contributed by atoms with Crippen LogP contribution in [0.1, 0.15) is 189 Å². The van der Waals surface area contributed by atoms with Crippen LogP contribution in [0.2, 0.25) is 0 Å². The maximum absolute atomic E-state index is 13.6. The molecule has 27 nitrogen and oxygen atoms in total. The highest BCUT2D eigenvalue weighted by Crippen LogP contribution is 2.42. The van der Waals surface area contributed by atoms with Gasteiger partial charge in [-0.1, -0.05) is 48.9 Å². The van der Waals surface area contributed by atoms with Crippen LogP contribution < -0.4 is 42.9 Å². The summed E-state index contributed by atoms with van der Waals surface area (Å²) in [5.74, 6) is 1.70. The molecule has 0 aliphatic heterocycles. The fraction of sp³-hybridized carbons (Fsp3) is 0.271. The average Bonchev–Trinajstić information content (AvgIpc) is 1.66. The van der Waals surface area contributed by atoms with E-state index in [1.807, 2.05) is 81.6 Å². The number of phenols is 4. The van der Waals surface area contributed by atoms with Crippen molar-refractivity contribution in [2.75, 3.05) is 62.6 Å². The van der Waals surface area contributed by atoms with Crippen molar-refractivity contribution in [3.8, 4) is 40.2 Å². The molecule has 13 aromatic rings. The standard InChI is InChI=1S/C30H33N3O4.C22H20Br2O6.C22H20I2O6.C22H24N2O6/c31-23-17-21(18-24(32)30(23)36)29(35)28-22-15-14-20(11-7-10-19-8-3-1-4-9-19)16-26(22)37-25(28)12-5-2-6-13-27(33)34;3*1-12(26)3-6-18-20(21(27)13-9-16(23)22(28)17(24)10-13)15-5-4-14(11-19(15)30-18)29-8-2-7-25/h1,3-4,8-9,14-18,36H,2,5-7,10-13,31-32H2,(H2,33,34);2*4-5,9-11,25,28H,2-3,6-8H2,1H3;4-5,9-11,25,28H,2-3,6-8,23-24H2,1H3. The van der Waals surface area contributed by atoms with Crippen LogP contribution in [0.25, 0.3) is 43.9 Å². The monoisotopic (exact) mass is 2080 g/mol. The lowest BCUT2D eigenvalue weighted by Crippen LogP contribution is -2.09. The Morgan fingerprint density at radius 1 is 0.346 bits per heavy atom. The number of aryl methyl sites for hydroxylation is 6. The highest BCUT2D eigenvalue weighted by Gasteiger charge is 2.30. The first-order valence-corrected chi connectivity index (χ1v) is 44.5. The number of furan rings is 4. The zero-order valence-corrected chi connectivity index (χ0v) is 77.3. The van der Waals surface area contributed by atoms with Gasteiger partial charge in [-0.05, 0) is 232 Å². The molecule has 0 aliphatic carbocycles. The van der Waals surface area contributed by atoms with Gasteiger partial charge >= 0.3 is 0 Å². The SMILES string of the molecule is CC(=O)CCc1oc2cc(OCCCO)ccc2c1C(=O)c1cc(Br)c(O)c(Br)c1.CC(=O)CCc1oc2cc(OCCCO)ccc2c1C(=O)c1cc(I)c(O)c(I)c1.CC(=O)CCc1oc2cc(OCCCO)ccc2c1C(=O)c1cc(N)c(O)c(N)c1.NC(=O)CCCCCc1oc2cc(CCCc3ccccc3)ccc2c1C(=O)c1cc(N)c(O)c(N)c1. The van der Waals surface area contributed by atoms with Crippen LogP contribution in [0.4, 0.5) is 22.7 Å². The predicted octanol–water partition coefficient (Wildman–Crippen LogP) is 18.2. The Balaban J connectivity index is 0.000000177. The van der Waals surface area contributed by atoms with Gasteiger partial charge in [0.15, 0.2) is 34.6 Å². The van der Waals surface area contributed by atoms with Crippen LogP contribution in [0.5, 0.6) is 40.2 Å². The number of benzene rings is 9. The van der Waals surface area contributed by atoms with Crippen LogP contribution in [0.15, 0.2) is 178 Å². The maximum atomic E-state index is 13.6. The second-order valence-electron chi connectivity index (χ2n) is 30.1. The van der Waals surface area contributed by atoms with Gasteiger partial charge in [-0.3, -0.25) is 24.0 Å². The maximum Gasteiger partial charge on any atom is 0.217 e. The Hall–Kier alpha value is -11.6. The van der Waals surface area contributed by atoms with Crippen LogP contribution >= 0.6 is 77.0 Å². The van der Waals surface area contributed by atoms with Gasteiger partial charge in [-0.2, -0.15) is 0 Å². The normalized spacial score (nSPS) is 11.1. The molecule has 0 aliphatic rings. The number of carbonyl (C=O) groups is 8. The summed E-state index contributed by atoms with van der Waals surface area (Å²) in [5, 5.41) is 68.9. The van der Waals surface area contributed by atoms with E-state index in [1.165, 1.54) is 50.6 Å². The second kappa shape index (κ2) is 46.2. The molecule has 666 valence electrons. The number of fused-ring (bicyclic) bond motifs is 4. The van der Waals surface area contributed by atoms with Crippen molar-refractivity contribution in [3.05, 3.63) is 246 Å². The van der Waals surface area contributed by atoms with Crippen LogP contribution in [-0.2, 0) is 57.7 Å². The number of ether oxygens (including phenoxy) is 3. The Kier molecular flexibility index (Phi) is 35.5. The molecule has 0 saturated heterocycles. The molecule has 4 aromatic heterocycles.